The summed E-state index contributed by atoms with van der Waals surface area (Å²) in [7, 11) is 1.77. The molecule has 0 heterocycles. The van der Waals surface area contributed by atoms with Gasteiger partial charge in [0.2, 0.25) is 0 Å². The molecule has 0 unspecified atom stereocenters. The van der Waals surface area contributed by atoms with E-state index >= 15 is 0 Å². The van der Waals surface area contributed by atoms with E-state index in [-0.39, 0.29) is 0 Å². The Hall–Kier alpha value is -3.13. The maximum Gasteiger partial charge on any atom is 0.0864 e. The minimum absolute atomic E-state index is 0.871. The van der Waals surface area contributed by atoms with Crippen molar-refractivity contribution in [1.82, 2.24) is 5.32 Å². The van der Waals surface area contributed by atoms with Crippen molar-refractivity contribution in [1.29, 1.82) is 0 Å². The zero-order valence-electron chi connectivity index (χ0n) is 14.4. The van der Waals surface area contributed by atoms with Crippen LogP contribution >= 0.6 is 0 Å². The molecule has 0 aliphatic carbocycles. The van der Waals surface area contributed by atoms with E-state index in [1.807, 2.05) is 12.1 Å². The fraction of sp³-hybridized carbons (Fsp3) is 0.0870. The Bertz CT molecular complexity index is 850. The molecule has 0 aliphatic rings. The largest absolute Gasteiger partial charge is 0.347 e. The lowest BCUT2D eigenvalue weighted by Gasteiger charge is -2.10. The molecule has 0 aliphatic heterocycles. The van der Waals surface area contributed by atoms with Crippen LogP contribution in [0.3, 0.4) is 0 Å². The number of allylic oxidation sites excluding steroid dienone is 1. The summed E-state index contributed by atoms with van der Waals surface area (Å²) in [5, 5.41) is 3.30. The smallest absolute Gasteiger partial charge is 0.0864 e. The number of aliphatic imine (C=N–C) groups is 1. The number of nitrogens with zero attached hydrogens (tertiary/aromatic N) is 1. The third-order valence-electron chi connectivity index (χ3n) is 4.01. The summed E-state index contributed by atoms with van der Waals surface area (Å²) in [6, 6.07) is 29.5. The average Bonchev–Trinajstić information content (AvgIpc) is 2.70. The van der Waals surface area contributed by atoms with E-state index in [1.165, 1.54) is 16.7 Å². The van der Waals surface area contributed by atoms with Gasteiger partial charge in [0.05, 0.1) is 6.34 Å². The van der Waals surface area contributed by atoms with E-state index in [0.717, 1.165) is 17.7 Å². The fourth-order valence-corrected chi connectivity index (χ4v) is 2.73. The van der Waals surface area contributed by atoms with Crippen LogP contribution in [-0.4, -0.2) is 13.4 Å². The minimum atomic E-state index is 0.871. The van der Waals surface area contributed by atoms with Crippen molar-refractivity contribution < 1.29 is 0 Å². The molecule has 1 N–H and O–H groups in total. The highest BCUT2D eigenvalue weighted by Crippen LogP contribution is 2.23. The second kappa shape index (κ2) is 8.65. The zero-order valence-corrected chi connectivity index (χ0v) is 14.4. The van der Waals surface area contributed by atoms with Crippen LogP contribution in [-0.2, 0) is 6.42 Å². The molecule has 0 saturated carbocycles. The van der Waals surface area contributed by atoms with Gasteiger partial charge in [0.1, 0.15) is 0 Å². The third-order valence-corrected chi connectivity index (χ3v) is 4.01. The first-order valence-corrected chi connectivity index (χ1v) is 8.44. The number of hydrogen-bond acceptors (Lipinski definition) is 1. The van der Waals surface area contributed by atoms with E-state index in [2.05, 4.69) is 89.2 Å². The summed E-state index contributed by atoms with van der Waals surface area (Å²) < 4.78 is 0. The van der Waals surface area contributed by atoms with E-state index in [1.54, 1.807) is 13.4 Å². The molecule has 0 radical (unpaired) electrons. The van der Waals surface area contributed by atoms with Crippen LogP contribution in [0.15, 0.2) is 96.0 Å². The summed E-state index contributed by atoms with van der Waals surface area (Å²) in [5.41, 5.74) is 5.92. The molecule has 0 saturated heterocycles. The Morgan fingerprint density at radius 2 is 1.52 bits per heavy atom. The molecular weight excluding hydrogens is 304 g/mol. The Labute approximate surface area is 149 Å². The number of hydrogen-bond donors (Lipinski definition) is 1. The summed E-state index contributed by atoms with van der Waals surface area (Å²) in [4.78, 5) is 4.06. The average molecular weight is 326 g/mol. The van der Waals surface area contributed by atoms with Gasteiger partial charge in [0, 0.05) is 12.7 Å². The number of benzene rings is 3. The van der Waals surface area contributed by atoms with Crippen molar-refractivity contribution in [2.24, 2.45) is 4.99 Å². The summed E-state index contributed by atoms with van der Waals surface area (Å²) in [6.07, 6.45) is 4.81. The van der Waals surface area contributed by atoms with Crippen LogP contribution in [0, 0.1) is 0 Å². The predicted molar refractivity (Wildman–Crippen MR) is 108 cm³/mol. The van der Waals surface area contributed by atoms with Gasteiger partial charge in [-0.2, -0.15) is 0 Å². The van der Waals surface area contributed by atoms with Gasteiger partial charge in [0.15, 0.2) is 0 Å². The second-order valence-electron chi connectivity index (χ2n) is 5.79. The van der Waals surface area contributed by atoms with Crippen LogP contribution in [0.25, 0.3) is 16.8 Å². The lowest BCUT2D eigenvalue weighted by molar-refractivity contribution is 1.22. The van der Waals surface area contributed by atoms with E-state index in [4.69, 9.17) is 0 Å². The molecule has 3 rings (SSSR count). The molecule has 124 valence electrons. The van der Waals surface area contributed by atoms with Gasteiger partial charge in [-0.25, -0.2) is 0 Å². The zero-order chi connectivity index (χ0) is 17.3. The van der Waals surface area contributed by atoms with E-state index < -0.39 is 0 Å². The number of nitrogens with one attached hydrogen (secondary N) is 1. The summed E-state index contributed by atoms with van der Waals surface area (Å²) in [5.74, 6) is 0. The lowest BCUT2D eigenvalue weighted by Crippen LogP contribution is -2.10. The standard InChI is InChI=1S/C23H22N2/c1-24-18-25-23(16-15-19-9-4-2-5-10-19)22-14-8-13-21(17-22)20-11-6-3-7-12-20/h2-14,16-18H,15H2,1H3,(H,24,25)/b23-16-. The molecule has 0 spiro atoms. The highest BCUT2D eigenvalue weighted by molar-refractivity contribution is 5.78. The molecule has 25 heavy (non-hydrogen) atoms. The van der Waals surface area contributed by atoms with E-state index in [9.17, 15) is 0 Å². The van der Waals surface area contributed by atoms with Crippen molar-refractivity contribution in [2.45, 2.75) is 6.42 Å². The first kappa shape index (κ1) is 16.7. The molecule has 0 aromatic heterocycles. The molecule has 3 aromatic carbocycles. The topological polar surface area (TPSA) is 24.4 Å². The SMILES string of the molecule is CN=CN/C(=C\Cc1ccccc1)c1cccc(-c2ccccc2)c1. The number of rotatable bonds is 6. The Morgan fingerprint density at radius 1 is 0.840 bits per heavy atom. The third kappa shape index (κ3) is 4.67. The predicted octanol–water partition coefficient (Wildman–Crippen LogP) is 5.18. The van der Waals surface area contributed by atoms with Gasteiger partial charge in [-0.3, -0.25) is 4.99 Å². The fourth-order valence-electron chi connectivity index (χ4n) is 2.73. The lowest BCUT2D eigenvalue weighted by atomic mass is 10.0. The first-order chi connectivity index (χ1) is 12.4. The molecule has 2 nitrogen and oxygen atoms in total. The molecule has 3 aromatic rings. The summed E-state index contributed by atoms with van der Waals surface area (Å²) >= 11 is 0. The normalized spacial score (nSPS) is 11.6. The van der Waals surface area contributed by atoms with Crippen molar-refractivity contribution in [3.63, 3.8) is 0 Å². The van der Waals surface area contributed by atoms with Crippen LogP contribution < -0.4 is 5.32 Å². The maximum absolute atomic E-state index is 4.06. The molecule has 2 heteroatoms. The molecule has 0 bridgehead atoms. The highest BCUT2D eigenvalue weighted by Gasteiger charge is 2.03. The maximum atomic E-state index is 4.06. The quantitative estimate of drug-likeness (QED) is 0.489. The minimum Gasteiger partial charge on any atom is -0.347 e. The van der Waals surface area contributed by atoms with Crippen molar-refractivity contribution in [3.8, 4) is 11.1 Å². The first-order valence-electron chi connectivity index (χ1n) is 8.44. The van der Waals surface area contributed by atoms with Gasteiger partial charge in [0.25, 0.3) is 0 Å². The summed E-state index contributed by atoms with van der Waals surface area (Å²) in [6.45, 7) is 0. The Balaban J connectivity index is 1.91. The van der Waals surface area contributed by atoms with Crippen LogP contribution in [0.5, 0.6) is 0 Å². The monoisotopic (exact) mass is 326 g/mol. The Morgan fingerprint density at radius 3 is 2.24 bits per heavy atom. The van der Waals surface area contributed by atoms with Gasteiger partial charge in [-0.15, -0.1) is 0 Å². The van der Waals surface area contributed by atoms with Gasteiger partial charge < -0.3 is 5.32 Å². The molecule has 0 atom stereocenters. The van der Waals surface area contributed by atoms with Crippen molar-refractivity contribution >= 4 is 12.0 Å². The van der Waals surface area contributed by atoms with Gasteiger partial charge in [-0.1, -0.05) is 84.9 Å². The van der Waals surface area contributed by atoms with Gasteiger partial charge in [-0.05, 0) is 34.7 Å². The molecular formula is C23H22N2. The van der Waals surface area contributed by atoms with Crippen molar-refractivity contribution in [2.75, 3.05) is 7.05 Å². The van der Waals surface area contributed by atoms with Crippen LogP contribution in [0.1, 0.15) is 11.1 Å². The van der Waals surface area contributed by atoms with Crippen LogP contribution in [0.2, 0.25) is 0 Å². The molecule has 0 fully saturated rings. The second-order valence-corrected chi connectivity index (χ2v) is 5.79. The van der Waals surface area contributed by atoms with Crippen LogP contribution in [0.4, 0.5) is 0 Å². The van der Waals surface area contributed by atoms with Crippen molar-refractivity contribution in [3.05, 3.63) is 102 Å². The molecule has 0 amide bonds. The Kier molecular flexibility index (Phi) is 5.78. The van der Waals surface area contributed by atoms with Gasteiger partial charge >= 0.3 is 0 Å². The van der Waals surface area contributed by atoms with E-state index in [0.29, 0.717) is 0 Å². The highest BCUT2D eigenvalue weighted by atomic mass is 14.9.